The minimum absolute atomic E-state index is 0.0941. The molecule has 0 heterocycles. The van der Waals surface area contributed by atoms with Crippen molar-refractivity contribution in [3.8, 4) is 5.75 Å². The first-order valence-corrected chi connectivity index (χ1v) is 6.64. The molecule has 0 unspecified atom stereocenters. The Bertz CT molecular complexity index is 367. The lowest BCUT2D eigenvalue weighted by Gasteiger charge is -2.14. The number of amides is 1. The minimum Gasteiger partial charge on any atom is -0.491 e. The van der Waals surface area contributed by atoms with E-state index in [2.05, 4.69) is 5.32 Å². The molecule has 1 amide bonds. The molecule has 18 heavy (non-hydrogen) atoms. The molecule has 3 nitrogen and oxygen atoms in total. The van der Waals surface area contributed by atoms with Crippen molar-refractivity contribution in [2.45, 2.75) is 46.6 Å². The molecule has 0 saturated heterocycles. The highest BCUT2D eigenvalue weighted by atomic mass is 16.5. The Kier molecular flexibility index (Phi) is 5.69. The van der Waals surface area contributed by atoms with Crippen molar-refractivity contribution in [1.82, 2.24) is 0 Å². The zero-order chi connectivity index (χ0) is 13.5. The van der Waals surface area contributed by atoms with Gasteiger partial charge in [0.15, 0.2) is 0 Å². The topological polar surface area (TPSA) is 38.3 Å². The van der Waals surface area contributed by atoms with Gasteiger partial charge < -0.3 is 10.1 Å². The third-order valence-electron chi connectivity index (χ3n) is 2.85. The van der Waals surface area contributed by atoms with Crippen molar-refractivity contribution >= 4 is 11.6 Å². The Morgan fingerprint density at radius 1 is 1.17 bits per heavy atom. The Hall–Kier alpha value is -1.51. The summed E-state index contributed by atoms with van der Waals surface area (Å²) in [6.45, 7) is 8.05. The van der Waals surface area contributed by atoms with Gasteiger partial charge in [0.1, 0.15) is 5.75 Å². The summed E-state index contributed by atoms with van der Waals surface area (Å²) in [6, 6.07) is 7.50. The number of hydrogen-bond acceptors (Lipinski definition) is 2. The van der Waals surface area contributed by atoms with Gasteiger partial charge in [0.05, 0.1) is 6.10 Å². The van der Waals surface area contributed by atoms with Crippen molar-refractivity contribution < 1.29 is 9.53 Å². The first kappa shape index (κ1) is 14.6. The molecular formula is C15H23NO2. The van der Waals surface area contributed by atoms with Crippen molar-refractivity contribution in [3.63, 3.8) is 0 Å². The standard InChI is InChI=1S/C15H23NO2/c1-5-12(6-2)15(17)16-13-7-9-14(10-8-13)18-11(3)4/h7-12H,5-6H2,1-4H3,(H,16,17). The van der Waals surface area contributed by atoms with Crippen LogP contribution in [0.25, 0.3) is 0 Å². The molecule has 0 aliphatic carbocycles. The highest BCUT2D eigenvalue weighted by Gasteiger charge is 2.13. The summed E-state index contributed by atoms with van der Waals surface area (Å²) < 4.78 is 5.55. The van der Waals surface area contributed by atoms with E-state index in [4.69, 9.17) is 4.74 Å². The summed E-state index contributed by atoms with van der Waals surface area (Å²) in [5.74, 6) is 1.01. The van der Waals surface area contributed by atoms with Crippen LogP contribution in [0.4, 0.5) is 5.69 Å². The molecule has 3 heteroatoms. The highest BCUT2D eigenvalue weighted by molar-refractivity contribution is 5.92. The van der Waals surface area contributed by atoms with Crippen LogP contribution in [0.15, 0.2) is 24.3 Å². The number of carbonyl (C=O) groups excluding carboxylic acids is 1. The number of ether oxygens (including phenoxy) is 1. The summed E-state index contributed by atoms with van der Waals surface area (Å²) in [7, 11) is 0. The fourth-order valence-electron chi connectivity index (χ4n) is 1.79. The van der Waals surface area contributed by atoms with Crippen LogP contribution < -0.4 is 10.1 Å². The summed E-state index contributed by atoms with van der Waals surface area (Å²) in [6.07, 6.45) is 1.91. The van der Waals surface area contributed by atoms with Gasteiger partial charge in [0.25, 0.3) is 0 Å². The second-order valence-corrected chi connectivity index (χ2v) is 4.69. The molecule has 0 aromatic heterocycles. The molecule has 1 rings (SSSR count). The van der Waals surface area contributed by atoms with Gasteiger partial charge in [0.2, 0.25) is 5.91 Å². The van der Waals surface area contributed by atoms with E-state index < -0.39 is 0 Å². The molecule has 0 aliphatic heterocycles. The quantitative estimate of drug-likeness (QED) is 0.831. The fraction of sp³-hybridized carbons (Fsp3) is 0.533. The minimum atomic E-state index is 0.0941. The van der Waals surface area contributed by atoms with Crippen LogP contribution in [-0.2, 0) is 4.79 Å². The van der Waals surface area contributed by atoms with E-state index in [-0.39, 0.29) is 17.9 Å². The first-order chi connectivity index (χ1) is 8.56. The number of hydrogen-bond donors (Lipinski definition) is 1. The van der Waals surface area contributed by atoms with E-state index in [1.165, 1.54) is 0 Å². The maximum absolute atomic E-state index is 11.9. The molecule has 1 aromatic rings. The number of anilines is 1. The molecule has 0 fully saturated rings. The molecule has 1 N–H and O–H groups in total. The van der Waals surface area contributed by atoms with Crippen LogP contribution in [0.1, 0.15) is 40.5 Å². The maximum Gasteiger partial charge on any atom is 0.227 e. The van der Waals surface area contributed by atoms with Gasteiger partial charge in [-0.15, -0.1) is 0 Å². The molecular weight excluding hydrogens is 226 g/mol. The number of carbonyl (C=O) groups is 1. The van der Waals surface area contributed by atoms with Gasteiger partial charge in [-0.3, -0.25) is 4.79 Å². The Morgan fingerprint density at radius 2 is 1.72 bits per heavy atom. The van der Waals surface area contributed by atoms with Crippen molar-refractivity contribution in [3.05, 3.63) is 24.3 Å². The first-order valence-electron chi connectivity index (χ1n) is 6.64. The predicted octanol–water partition coefficient (Wildman–Crippen LogP) is 3.85. The van der Waals surface area contributed by atoms with Crippen molar-refractivity contribution in [2.75, 3.05) is 5.32 Å². The van der Waals surface area contributed by atoms with E-state index in [1.54, 1.807) is 0 Å². The second kappa shape index (κ2) is 7.04. The zero-order valence-corrected chi connectivity index (χ0v) is 11.7. The number of nitrogens with one attached hydrogen (secondary N) is 1. The normalized spacial score (nSPS) is 10.8. The van der Waals surface area contributed by atoms with E-state index >= 15 is 0 Å². The molecule has 0 bridgehead atoms. The van der Waals surface area contributed by atoms with Crippen molar-refractivity contribution in [2.24, 2.45) is 5.92 Å². The average molecular weight is 249 g/mol. The van der Waals surface area contributed by atoms with E-state index in [1.807, 2.05) is 52.0 Å². The van der Waals surface area contributed by atoms with Crippen LogP contribution in [0.3, 0.4) is 0 Å². The number of benzene rings is 1. The van der Waals surface area contributed by atoms with E-state index in [0.29, 0.717) is 0 Å². The lowest BCUT2D eigenvalue weighted by atomic mass is 10.0. The molecule has 0 spiro atoms. The predicted molar refractivity (Wildman–Crippen MR) is 74.9 cm³/mol. The lowest BCUT2D eigenvalue weighted by Crippen LogP contribution is -2.21. The molecule has 100 valence electrons. The van der Waals surface area contributed by atoms with E-state index in [0.717, 1.165) is 24.3 Å². The monoisotopic (exact) mass is 249 g/mol. The summed E-state index contributed by atoms with van der Waals surface area (Å²) in [5.41, 5.74) is 0.822. The van der Waals surface area contributed by atoms with Crippen LogP contribution in [-0.4, -0.2) is 12.0 Å². The third kappa shape index (κ3) is 4.40. The average Bonchev–Trinajstić information content (AvgIpc) is 2.32. The number of rotatable bonds is 6. The molecule has 0 radical (unpaired) electrons. The Balaban J connectivity index is 2.60. The molecule has 0 atom stereocenters. The van der Waals surface area contributed by atoms with E-state index in [9.17, 15) is 4.79 Å². The van der Waals surface area contributed by atoms with Crippen molar-refractivity contribution in [1.29, 1.82) is 0 Å². The third-order valence-corrected chi connectivity index (χ3v) is 2.85. The largest absolute Gasteiger partial charge is 0.491 e. The van der Waals surface area contributed by atoms with Gasteiger partial charge in [0, 0.05) is 11.6 Å². The molecule has 1 aromatic carbocycles. The Labute approximate surface area is 110 Å². The smallest absolute Gasteiger partial charge is 0.227 e. The molecule has 0 saturated carbocycles. The van der Waals surface area contributed by atoms with Gasteiger partial charge in [-0.2, -0.15) is 0 Å². The van der Waals surface area contributed by atoms with Gasteiger partial charge in [-0.1, -0.05) is 13.8 Å². The van der Waals surface area contributed by atoms with Crippen LogP contribution in [0.2, 0.25) is 0 Å². The maximum atomic E-state index is 11.9. The second-order valence-electron chi connectivity index (χ2n) is 4.69. The highest BCUT2D eigenvalue weighted by Crippen LogP contribution is 2.18. The zero-order valence-electron chi connectivity index (χ0n) is 11.7. The van der Waals surface area contributed by atoms with Crippen LogP contribution in [0, 0.1) is 5.92 Å². The van der Waals surface area contributed by atoms with Gasteiger partial charge in [-0.25, -0.2) is 0 Å². The fourth-order valence-corrected chi connectivity index (χ4v) is 1.79. The Morgan fingerprint density at radius 3 is 2.17 bits per heavy atom. The SMILES string of the molecule is CCC(CC)C(=O)Nc1ccc(OC(C)C)cc1. The summed E-state index contributed by atoms with van der Waals surface area (Å²) in [4.78, 5) is 11.9. The van der Waals surface area contributed by atoms with Gasteiger partial charge >= 0.3 is 0 Å². The summed E-state index contributed by atoms with van der Waals surface area (Å²) >= 11 is 0. The van der Waals surface area contributed by atoms with Gasteiger partial charge in [-0.05, 0) is 51.0 Å². The van der Waals surface area contributed by atoms with Crippen LogP contribution >= 0.6 is 0 Å². The van der Waals surface area contributed by atoms with Crippen LogP contribution in [0.5, 0.6) is 5.75 Å². The lowest BCUT2D eigenvalue weighted by molar-refractivity contribution is -0.120. The molecule has 0 aliphatic rings. The summed E-state index contributed by atoms with van der Waals surface area (Å²) in [5, 5.41) is 2.93.